The summed E-state index contributed by atoms with van der Waals surface area (Å²) in [4.78, 5) is 38.6. The van der Waals surface area contributed by atoms with Crippen LogP contribution in [0.25, 0.3) is 22.6 Å². The Balaban J connectivity index is 1.60. The number of hydrogen-bond donors (Lipinski definition) is 3. The minimum atomic E-state index is -0.653. The summed E-state index contributed by atoms with van der Waals surface area (Å²) in [6, 6.07) is 13.3. The zero-order valence-corrected chi connectivity index (χ0v) is 25.0. The molecule has 226 valence electrons. The van der Waals surface area contributed by atoms with Crippen LogP contribution in [0.4, 0.5) is 5.82 Å². The number of methoxy groups -OCH3 is 1. The zero-order chi connectivity index (χ0) is 30.3. The third-order valence-electron chi connectivity index (χ3n) is 7.16. The number of halogens is 1. The number of amides is 1. The molecule has 1 saturated carbocycles. The summed E-state index contributed by atoms with van der Waals surface area (Å²) in [5.41, 5.74) is 3.64. The lowest BCUT2D eigenvalue weighted by molar-refractivity contribution is -0.121. The first-order valence-electron chi connectivity index (χ1n) is 14.3. The van der Waals surface area contributed by atoms with Crippen LogP contribution in [0.2, 0.25) is 5.02 Å². The molecule has 0 unspecified atom stereocenters. The Morgan fingerprint density at radius 3 is 2.60 bits per heavy atom. The molecule has 5 rings (SSSR count). The molecule has 2 aromatic carbocycles. The van der Waals surface area contributed by atoms with Crippen LogP contribution < -0.4 is 15.4 Å². The second-order valence-electron chi connectivity index (χ2n) is 10.5. The van der Waals surface area contributed by atoms with Gasteiger partial charge >= 0.3 is 5.97 Å². The van der Waals surface area contributed by atoms with E-state index in [1.807, 2.05) is 54.0 Å². The molecule has 0 saturated heterocycles. The summed E-state index contributed by atoms with van der Waals surface area (Å²) in [5.74, 6) is 1.35. The number of imidazole rings is 1. The summed E-state index contributed by atoms with van der Waals surface area (Å²) < 4.78 is 13.0. The third-order valence-corrected chi connectivity index (χ3v) is 7.42. The Morgan fingerprint density at radius 2 is 1.88 bits per heavy atom. The topological polar surface area (TPSA) is 140 Å². The van der Waals surface area contributed by atoms with Gasteiger partial charge in [0.05, 0.1) is 32.3 Å². The Labute approximate surface area is 254 Å². The van der Waals surface area contributed by atoms with Gasteiger partial charge in [-0.2, -0.15) is 0 Å². The lowest BCUT2D eigenvalue weighted by Gasteiger charge is -2.16. The number of anilines is 1. The van der Waals surface area contributed by atoms with E-state index in [1.54, 1.807) is 0 Å². The lowest BCUT2D eigenvalue weighted by atomic mass is 10.1. The van der Waals surface area contributed by atoms with Crippen LogP contribution in [0.15, 0.2) is 42.5 Å². The van der Waals surface area contributed by atoms with E-state index in [9.17, 15) is 9.59 Å². The molecule has 2 aromatic heterocycles. The van der Waals surface area contributed by atoms with Crippen LogP contribution >= 0.6 is 11.6 Å². The van der Waals surface area contributed by atoms with Crippen LogP contribution in [0.3, 0.4) is 0 Å². The number of hydrogen-bond acceptors (Lipinski definition) is 9. The summed E-state index contributed by atoms with van der Waals surface area (Å²) in [5, 5.41) is 15.7. The number of rotatable bonds is 14. The quantitative estimate of drug-likeness (QED) is 0.178. The van der Waals surface area contributed by atoms with Crippen molar-refractivity contribution in [1.29, 1.82) is 0 Å². The number of fused-ring (bicyclic) bond motifs is 1. The van der Waals surface area contributed by atoms with Gasteiger partial charge < -0.3 is 29.8 Å². The molecule has 4 aromatic rings. The summed E-state index contributed by atoms with van der Waals surface area (Å²) in [6.07, 6.45) is 3.58. The predicted octanol–water partition coefficient (Wildman–Crippen LogP) is 4.38. The molecular weight excluding hydrogens is 572 g/mol. The van der Waals surface area contributed by atoms with Crippen molar-refractivity contribution in [3.05, 3.63) is 64.4 Å². The van der Waals surface area contributed by atoms with Crippen molar-refractivity contribution in [2.24, 2.45) is 5.92 Å². The second kappa shape index (κ2) is 13.8. The van der Waals surface area contributed by atoms with Gasteiger partial charge in [-0.1, -0.05) is 48.2 Å². The van der Waals surface area contributed by atoms with E-state index in [-0.39, 0.29) is 37.9 Å². The van der Waals surface area contributed by atoms with Crippen LogP contribution in [0.1, 0.15) is 47.4 Å². The van der Waals surface area contributed by atoms with E-state index in [4.69, 9.17) is 31.2 Å². The van der Waals surface area contributed by atoms with Crippen molar-refractivity contribution < 1.29 is 24.2 Å². The van der Waals surface area contributed by atoms with E-state index in [0.29, 0.717) is 58.1 Å². The minimum Gasteiger partial charge on any atom is -0.492 e. The van der Waals surface area contributed by atoms with Gasteiger partial charge in [-0.3, -0.25) is 4.79 Å². The Kier molecular flexibility index (Phi) is 9.73. The molecule has 0 aliphatic heterocycles. The van der Waals surface area contributed by atoms with Crippen molar-refractivity contribution in [2.45, 2.75) is 39.2 Å². The number of aliphatic hydroxyl groups excluding tert-OH is 1. The number of aryl methyl sites for hydroxylation is 1. The highest BCUT2D eigenvalue weighted by Crippen LogP contribution is 2.36. The van der Waals surface area contributed by atoms with Gasteiger partial charge in [-0.05, 0) is 49.1 Å². The molecule has 0 bridgehead atoms. The van der Waals surface area contributed by atoms with Crippen molar-refractivity contribution in [2.75, 3.05) is 38.7 Å². The average molecular weight is 607 g/mol. The first-order chi connectivity index (χ1) is 20.9. The highest BCUT2D eigenvalue weighted by atomic mass is 35.5. The maximum absolute atomic E-state index is 12.5. The van der Waals surface area contributed by atoms with Gasteiger partial charge in [0.15, 0.2) is 11.5 Å². The molecule has 1 aliphatic rings. The molecular formula is C31H35ClN6O5. The molecule has 12 heteroatoms. The summed E-state index contributed by atoms with van der Waals surface area (Å²) in [6.45, 7) is 3.27. The van der Waals surface area contributed by atoms with Crippen molar-refractivity contribution in [1.82, 2.24) is 24.8 Å². The van der Waals surface area contributed by atoms with Gasteiger partial charge in [0.2, 0.25) is 11.7 Å². The van der Waals surface area contributed by atoms with Crippen LogP contribution in [0.5, 0.6) is 5.75 Å². The first-order valence-corrected chi connectivity index (χ1v) is 14.7. The first kappa shape index (κ1) is 30.2. The number of ether oxygens (including phenoxy) is 2. The number of nitrogens with one attached hydrogen (secondary N) is 2. The molecule has 0 radical (unpaired) electrons. The second-order valence-corrected chi connectivity index (χ2v) is 11.0. The van der Waals surface area contributed by atoms with Gasteiger partial charge in [-0.15, -0.1) is 0 Å². The van der Waals surface area contributed by atoms with Gasteiger partial charge in [0.25, 0.3) is 0 Å². The molecule has 0 atom stereocenters. The Hall–Kier alpha value is -4.22. The van der Waals surface area contributed by atoms with Crippen LogP contribution in [0, 0.1) is 12.8 Å². The number of aromatic nitrogens is 4. The smallest absolute Gasteiger partial charge is 0.376 e. The van der Waals surface area contributed by atoms with Crippen LogP contribution in [-0.2, 0) is 16.1 Å². The van der Waals surface area contributed by atoms with Gasteiger partial charge in [0.1, 0.15) is 17.1 Å². The lowest BCUT2D eigenvalue weighted by Crippen LogP contribution is -2.27. The molecule has 1 fully saturated rings. The molecule has 0 spiro atoms. The Morgan fingerprint density at radius 1 is 1.09 bits per heavy atom. The predicted molar refractivity (Wildman–Crippen MR) is 163 cm³/mol. The van der Waals surface area contributed by atoms with Crippen LogP contribution in [-0.4, -0.2) is 69.9 Å². The Bertz CT molecular complexity index is 1600. The molecule has 11 nitrogen and oxygen atoms in total. The fraction of sp³-hybridized carbons (Fsp3) is 0.387. The van der Waals surface area contributed by atoms with E-state index in [1.165, 1.54) is 20.0 Å². The normalized spacial score (nSPS) is 12.7. The molecule has 43 heavy (non-hydrogen) atoms. The highest BCUT2D eigenvalue weighted by Gasteiger charge is 2.25. The molecule has 2 heterocycles. The van der Waals surface area contributed by atoms with E-state index >= 15 is 0 Å². The maximum Gasteiger partial charge on any atom is 0.376 e. The van der Waals surface area contributed by atoms with E-state index in [0.717, 1.165) is 17.5 Å². The fourth-order valence-electron chi connectivity index (χ4n) is 4.76. The van der Waals surface area contributed by atoms with Gasteiger partial charge in [-0.25, -0.2) is 19.7 Å². The van der Waals surface area contributed by atoms with Crippen molar-refractivity contribution >= 4 is 40.5 Å². The van der Waals surface area contributed by atoms with E-state index < -0.39 is 5.97 Å². The minimum absolute atomic E-state index is 0.0822. The number of nitrogens with zero attached hydrogens (tertiary/aromatic N) is 4. The van der Waals surface area contributed by atoms with E-state index in [2.05, 4.69) is 20.6 Å². The number of carbonyl (C=O) groups excluding carboxylic acids is 2. The molecule has 1 amide bonds. The SMILES string of the molecule is COC(=O)c1nc(NCCC2CC2)c2c(n1)nc(-c1cc(C)ccc1OCCC(=O)NCCO)n2Cc1ccc(Cl)cc1. The zero-order valence-electron chi connectivity index (χ0n) is 24.2. The van der Waals surface area contributed by atoms with Crippen molar-refractivity contribution in [3.8, 4) is 17.1 Å². The van der Waals surface area contributed by atoms with Crippen molar-refractivity contribution in [3.63, 3.8) is 0 Å². The highest BCUT2D eigenvalue weighted by molar-refractivity contribution is 6.30. The monoisotopic (exact) mass is 606 g/mol. The molecule has 1 aliphatic carbocycles. The number of esters is 1. The number of aliphatic hydroxyl groups is 1. The average Bonchev–Trinajstić information content (AvgIpc) is 3.76. The fourth-order valence-corrected chi connectivity index (χ4v) is 4.88. The number of benzene rings is 2. The molecule has 3 N–H and O–H groups in total. The summed E-state index contributed by atoms with van der Waals surface area (Å²) in [7, 11) is 1.29. The largest absolute Gasteiger partial charge is 0.492 e. The number of carbonyl (C=O) groups is 2. The summed E-state index contributed by atoms with van der Waals surface area (Å²) >= 11 is 6.18. The third kappa shape index (κ3) is 7.60. The van der Waals surface area contributed by atoms with Gasteiger partial charge in [0, 0.05) is 24.7 Å². The maximum atomic E-state index is 12.5. The standard InChI is InChI=1S/C31H35ClN6O5/c1-19-3-10-24(43-16-12-25(40)33-14-15-39)23(17-19)30-37-28-26(38(30)18-21-6-8-22(32)9-7-21)27(34-13-11-20-4-5-20)35-29(36-28)31(41)42-2/h3,6-10,17,20,39H,4-5,11-16,18H2,1-2H3,(H,33,40)(H,34,35,36).